The molecule has 0 bridgehead atoms. The van der Waals surface area contributed by atoms with Crippen LogP contribution in [0.3, 0.4) is 0 Å². The van der Waals surface area contributed by atoms with Crippen LogP contribution in [0.5, 0.6) is 28.7 Å². The monoisotopic (exact) mass is 461 g/mol. The zero-order valence-electron chi connectivity index (χ0n) is 18.2. The zero-order valence-corrected chi connectivity index (χ0v) is 19.0. The molecule has 33 heavy (non-hydrogen) atoms. The van der Waals surface area contributed by atoms with Gasteiger partial charge in [0.25, 0.3) is 10.0 Å². The Morgan fingerprint density at radius 3 is 1.76 bits per heavy atom. The minimum atomic E-state index is -3.77. The van der Waals surface area contributed by atoms with Gasteiger partial charge >= 0.3 is 0 Å². The lowest BCUT2D eigenvalue weighted by Gasteiger charge is -2.12. The molecule has 0 fully saturated rings. The summed E-state index contributed by atoms with van der Waals surface area (Å²) < 4.78 is 45.1. The Balaban J connectivity index is 1.43. The third-order valence-electron chi connectivity index (χ3n) is 4.86. The minimum absolute atomic E-state index is 0.120. The first-order valence-electron chi connectivity index (χ1n) is 10.2. The summed E-state index contributed by atoms with van der Waals surface area (Å²) in [5.74, 6) is 3.00. The number of hydrogen-bond acceptors (Lipinski definition) is 5. The molecule has 0 aromatic heterocycles. The van der Waals surface area contributed by atoms with Crippen LogP contribution in [0.2, 0.25) is 0 Å². The second kappa shape index (κ2) is 9.67. The van der Waals surface area contributed by atoms with Crippen LogP contribution in [-0.2, 0) is 10.0 Å². The fraction of sp³-hybridized carbons (Fsp3) is 0.0769. The van der Waals surface area contributed by atoms with Crippen LogP contribution in [0.15, 0.2) is 102 Å². The van der Waals surface area contributed by atoms with Gasteiger partial charge in [-0.05, 0) is 79.2 Å². The Morgan fingerprint density at radius 2 is 1.15 bits per heavy atom. The number of hydrogen-bond donors (Lipinski definition) is 1. The molecule has 4 rings (SSSR count). The molecule has 0 aliphatic heterocycles. The zero-order chi connectivity index (χ0) is 23.3. The summed E-state index contributed by atoms with van der Waals surface area (Å²) in [6.45, 7) is 1.96. The maximum Gasteiger partial charge on any atom is 0.261 e. The second-order valence-electron chi connectivity index (χ2n) is 7.22. The molecule has 0 atom stereocenters. The van der Waals surface area contributed by atoms with E-state index in [0.29, 0.717) is 28.7 Å². The molecule has 7 heteroatoms. The maximum absolute atomic E-state index is 12.8. The van der Waals surface area contributed by atoms with Gasteiger partial charge in [0.05, 0.1) is 12.0 Å². The van der Waals surface area contributed by atoms with Gasteiger partial charge in [0.15, 0.2) is 11.5 Å². The van der Waals surface area contributed by atoms with Crippen molar-refractivity contribution in [3.8, 4) is 28.7 Å². The number of sulfonamides is 1. The van der Waals surface area contributed by atoms with Crippen LogP contribution < -0.4 is 18.9 Å². The van der Waals surface area contributed by atoms with Gasteiger partial charge in [0, 0.05) is 5.69 Å². The predicted molar refractivity (Wildman–Crippen MR) is 128 cm³/mol. The standard InChI is InChI=1S/C26H23NO5S/c1-19-7-3-4-8-24(19)31-21-13-11-20(12-14-21)27-33(28,29)23-17-15-22(16-18-23)32-26-10-6-5-9-25(26)30-2/h3-18,27H,1-2H3. The highest BCUT2D eigenvalue weighted by atomic mass is 32.2. The van der Waals surface area contributed by atoms with Crippen molar-refractivity contribution in [1.29, 1.82) is 0 Å². The summed E-state index contributed by atoms with van der Waals surface area (Å²) in [4.78, 5) is 0.120. The number of anilines is 1. The lowest BCUT2D eigenvalue weighted by Crippen LogP contribution is -2.12. The van der Waals surface area contributed by atoms with E-state index in [2.05, 4.69) is 4.72 Å². The molecular weight excluding hydrogens is 438 g/mol. The molecule has 0 unspecified atom stereocenters. The first kappa shape index (κ1) is 22.2. The van der Waals surface area contributed by atoms with E-state index < -0.39 is 10.0 Å². The second-order valence-corrected chi connectivity index (χ2v) is 8.90. The van der Waals surface area contributed by atoms with Crippen molar-refractivity contribution in [2.24, 2.45) is 0 Å². The van der Waals surface area contributed by atoms with E-state index in [4.69, 9.17) is 14.2 Å². The average Bonchev–Trinajstić information content (AvgIpc) is 2.82. The molecule has 0 aliphatic carbocycles. The van der Waals surface area contributed by atoms with Crippen LogP contribution in [0.25, 0.3) is 0 Å². The number of methoxy groups -OCH3 is 1. The summed E-state index contributed by atoms with van der Waals surface area (Å²) in [6, 6.07) is 27.8. The average molecular weight is 462 g/mol. The molecule has 6 nitrogen and oxygen atoms in total. The first-order chi connectivity index (χ1) is 15.9. The Kier molecular flexibility index (Phi) is 6.51. The van der Waals surface area contributed by atoms with Crippen LogP contribution >= 0.6 is 0 Å². The SMILES string of the molecule is COc1ccccc1Oc1ccc(S(=O)(=O)Nc2ccc(Oc3ccccc3C)cc2)cc1. The third kappa shape index (κ3) is 5.45. The smallest absolute Gasteiger partial charge is 0.261 e. The Morgan fingerprint density at radius 1 is 0.636 bits per heavy atom. The van der Waals surface area contributed by atoms with Gasteiger partial charge in [-0.25, -0.2) is 8.42 Å². The summed E-state index contributed by atoms with van der Waals surface area (Å²) in [5.41, 5.74) is 1.45. The van der Waals surface area contributed by atoms with E-state index in [0.717, 1.165) is 11.3 Å². The van der Waals surface area contributed by atoms with Gasteiger partial charge in [0.2, 0.25) is 0 Å². The minimum Gasteiger partial charge on any atom is -0.493 e. The van der Waals surface area contributed by atoms with E-state index in [1.807, 2.05) is 43.3 Å². The van der Waals surface area contributed by atoms with Crippen molar-refractivity contribution >= 4 is 15.7 Å². The number of nitrogens with one attached hydrogen (secondary N) is 1. The fourth-order valence-corrected chi connectivity index (χ4v) is 4.18. The van der Waals surface area contributed by atoms with Crippen molar-refractivity contribution in [3.63, 3.8) is 0 Å². The number of para-hydroxylation sites is 3. The highest BCUT2D eigenvalue weighted by Gasteiger charge is 2.15. The molecule has 0 amide bonds. The molecule has 0 radical (unpaired) electrons. The van der Waals surface area contributed by atoms with Crippen molar-refractivity contribution in [1.82, 2.24) is 0 Å². The van der Waals surface area contributed by atoms with Crippen LogP contribution in [0.4, 0.5) is 5.69 Å². The van der Waals surface area contributed by atoms with E-state index in [9.17, 15) is 8.42 Å². The van der Waals surface area contributed by atoms with Crippen LogP contribution in [0.1, 0.15) is 5.56 Å². The molecule has 0 spiro atoms. The molecule has 1 N–H and O–H groups in total. The van der Waals surface area contributed by atoms with Gasteiger partial charge in [-0.3, -0.25) is 4.72 Å². The summed E-state index contributed by atoms with van der Waals surface area (Å²) in [6.07, 6.45) is 0. The van der Waals surface area contributed by atoms with E-state index in [1.165, 1.54) is 12.1 Å². The van der Waals surface area contributed by atoms with Crippen molar-refractivity contribution in [2.75, 3.05) is 11.8 Å². The largest absolute Gasteiger partial charge is 0.493 e. The van der Waals surface area contributed by atoms with Gasteiger partial charge in [-0.2, -0.15) is 0 Å². The molecular formula is C26H23NO5S. The third-order valence-corrected chi connectivity index (χ3v) is 6.26. The van der Waals surface area contributed by atoms with Gasteiger partial charge in [0.1, 0.15) is 17.2 Å². The van der Waals surface area contributed by atoms with Crippen molar-refractivity contribution in [3.05, 3.63) is 103 Å². The molecule has 0 saturated heterocycles. The van der Waals surface area contributed by atoms with Gasteiger partial charge in [-0.15, -0.1) is 0 Å². The van der Waals surface area contributed by atoms with Crippen molar-refractivity contribution in [2.45, 2.75) is 11.8 Å². The lowest BCUT2D eigenvalue weighted by molar-refractivity contribution is 0.379. The van der Waals surface area contributed by atoms with Gasteiger partial charge in [-0.1, -0.05) is 30.3 Å². The summed E-state index contributed by atoms with van der Waals surface area (Å²) >= 11 is 0. The van der Waals surface area contributed by atoms with Crippen LogP contribution in [-0.4, -0.2) is 15.5 Å². The number of aryl methyl sites for hydroxylation is 1. The predicted octanol–water partition coefficient (Wildman–Crippen LogP) is 6.39. The Labute approximate surface area is 193 Å². The Bertz CT molecular complexity index is 1330. The number of benzene rings is 4. The molecule has 0 heterocycles. The van der Waals surface area contributed by atoms with E-state index in [1.54, 1.807) is 55.6 Å². The van der Waals surface area contributed by atoms with Crippen LogP contribution in [0, 0.1) is 6.92 Å². The van der Waals surface area contributed by atoms with Gasteiger partial charge < -0.3 is 14.2 Å². The molecule has 4 aromatic carbocycles. The highest BCUT2D eigenvalue weighted by Crippen LogP contribution is 2.31. The van der Waals surface area contributed by atoms with Crippen molar-refractivity contribution < 1.29 is 22.6 Å². The van der Waals surface area contributed by atoms with E-state index >= 15 is 0 Å². The summed E-state index contributed by atoms with van der Waals surface area (Å²) in [7, 11) is -2.20. The quantitative estimate of drug-likeness (QED) is 0.329. The summed E-state index contributed by atoms with van der Waals surface area (Å²) in [5, 5.41) is 0. The molecule has 168 valence electrons. The normalized spacial score (nSPS) is 11.0. The topological polar surface area (TPSA) is 73.9 Å². The molecule has 0 aliphatic rings. The van der Waals surface area contributed by atoms with E-state index in [-0.39, 0.29) is 4.90 Å². The number of ether oxygens (including phenoxy) is 3. The highest BCUT2D eigenvalue weighted by molar-refractivity contribution is 7.92. The Hall–Kier alpha value is -3.97. The maximum atomic E-state index is 12.8. The number of rotatable bonds is 8. The lowest BCUT2D eigenvalue weighted by atomic mass is 10.2. The first-order valence-corrected chi connectivity index (χ1v) is 11.7. The molecule has 4 aromatic rings. The molecule has 0 saturated carbocycles. The fourth-order valence-electron chi connectivity index (χ4n) is 3.12.